The van der Waals surface area contributed by atoms with Crippen LogP contribution in [0.15, 0.2) is 30.3 Å². The summed E-state index contributed by atoms with van der Waals surface area (Å²) >= 11 is 0. The Labute approximate surface area is 171 Å². The Kier molecular flexibility index (Phi) is 6.69. The van der Waals surface area contributed by atoms with Crippen LogP contribution in [-0.4, -0.2) is 66.7 Å². The van der Waals surface area contributed by atoms with E-state index in [1.807, 2.05) is 6.07 Å². The lowest BCUT2D eigenvalue weighted by Crippen LogP contribution is -2.43. The van der Waals surface area contributed by atoms with Gasteiger partial charge in [-0.2, -0.15) is 5.10 Å². The van der Waals surface area contributed by atoms with Gasteiger partial charge in [-0.1, -0.05) is 0 Å². The molecule has 9 heteroatoms. The summed E-state index contributed by atoms with van der Waals surface area (Å²) in [7, 11) is -1.39. The molecule has 3 rings (SSSR count). The molecule has 1 amide bonds. The van der Waals surface area contributed by atoms with E-state index < -0.39 is 10.0 Å². The van der Waals surface area contributed by atoms with Gasteiger partial charge in [-0.25, -0.2) is 17.1 Å². The van der Waals surface area contributed by atoms with Crippen LogP contribution in [0.4, 0.5) is 4.39 Å². The van der Waals surface area contributed by atoms with Crippen molar-refractivity contribution < 1.29 is 17.6 Å². The fourth-order valence-electron chi connectivity index (χ4n) is 3.62. The van der Waals surface area contributed by atoms with E-state index in [2.05, 4.69) is 10.2 Å². The van der Waals surface area contributed by atoms with E-state index in [1.54, 1.807) is 24.1 Å². The Morgan fingerprint density at radius 1 is 1.28 bits per heavy atom. The highest BCUT2D eigenvalue weighted by Crippen LogP contribution is 2.22. The molecule has 1 fully saturated rings. The summed E-state index contributed by atoms with van der Waals surface area (Å²) in [5.74, 6) is -0.316. The molecule has 0 radical (unpaired) electrons. The van der Waals surface area contributed by atoms with Crippen molar-refractivity contribution in [3.8, 4) is 11.3 Å². The van der Waals surface area contributed by atoms with E-state index in [9.17, 15) is 17.6 Å². The minimum Gasteiger partial charge on any atom is -0.346 e. The van der Waals surface area contributed by atoms with Gasteiger partial charge in [0.25, 0.3) is 0 Å². The number of amides is 1. The maximum absolute atomic E-state index is 13.0. The van der Waals surface area contributed by atoms with Gasteiger partial charge >= 0.3 is 0 Å². The maximum Gasteiger partial charge on any atom is 0.225 e. The Morgan fingerprint density at radius 3 is 2.55 bits per heavy atom. The van der Waals surface area contributed by atoms with Gasteiger partial charge in [0.1, 0.15) is 5.82 Å². The number of sulfonamides is 1. The first-order chi connectivity index (χ1) is 13.7. The number of rotatable bonds is 7. The number of aromatic nitrogens is 2. The molecule has 0 unspecified atom stereocenters. The Balaban J connectivity index is 1.45. The van der Waals surface area contributed by atoms with Crippen molar-refractivity contribution in [3.63, 3.8) is 0 Å². The van der Waals surface area contributed by atoms with E-state index in [0.717, 1.165) is 29.8 Å². The van der Waals surface area contributed by atoms with Crippen molar-refractivity contribution in [2.24, 2.45) is 5.92 Å². The van der Waals surface area contributed by atoms with Crippen molar-refractivity contribution in [2.75, 3.05) is 32.9 Å². The molecule has 29 heavy (non-hydrogen) atoms. The molecule has 158 valence electrons. The van der Waals surface area contributed by atoms with E-state index >= 15 is 0 Å². The fourth-order valence-corrected chi connectivity index (χ4v) is 4.50. The number of halogens is 1. The standard InChI is InChI=1S/C20H27FN4O3S/c1-24(20(26)16-9-12-25(13-10-16)29(2,27)28)11-3-4-18-14-19(23-22-18)15-5-7-17(21)8-6-15/h5-8,14,16H,3-4,9-13H2,1-2H3,(H,22,23). The number of carbonyl (C=O) groups is 1. The average molecular weight is 423 g/mol. The molecule has 0 spiro atoms. The first-order valence-electron chi connectivity index (χ1n) is 9.74. The van der Waals surface area contributed by atoms with Crippen molar-refractivity contribution >= 4 is 15.9 Å². The van der Waals surface area contributed by atoms with Gasteiger partial charge in [0, 0.05) is 43.9 Å². The van der Waals surface area contributed by atoms with E-state index in [4.69, 9.17) is 0 Å². The van der Waals surface area contributed by atoms with Crippen LogP contribution in [0, 0.1) is 11.7 Å². The van der Waals surface area contributed by atoms with Gasteiger partial charge in [-0.3, -0.25) is 9.89 Å². The molecule has 1 aromatic heterocycles. The van der Waals surface area contributed by atoms with Gasteiger partial charge in [-0.05, 0) is 56.0 Å². The van der Waals surface area contributed by atoms with Gasteiger partial charge in [0.05, 0.1) is 11.9 Å². The zero-order valence-electron chi connectivity index (χ0n) is 16.8. The van der Waals surface area contributed by atoms with E-state index in [1.165, 1.54) is 22.7 Å². The molecule has 1 aliphatic heterocycles. The molecule has 0 saturated carbocycles. The quantitative estimate of drug-likeness (QED) is 0.742. The molecule has 0 atom stereocenters. The summed E-state index contributed by atoms with van der Waals surface area (Å²) in [6, 6.07) is 8.14. The number of carbonyl (C=O) groups excluding carboxylic acids is 1. The summed E-state index contributed by atoms with van der Waals surface area (Å²) in [5.41, 5.74) is 2.58. The average Bonchev–Trinajstić information content (AvgIpc) is 3.16. The lowest BCUT2D eigenvalue weighted by atomic mass is 9.96. The molecule has 1 saturated heterocycles. The fraction of sp³-hybridized carbons (Fsp3) is 0.500. The van der Waals surface area contributed by atoms with E-state index in [0.29, 0.717) is 32.5 Å². The highest BCUT2D eigenvalue weighted by atomic mass is 32.2. The zero-order chi connectivity index (χ0) is 21.0. The molecule has 2 aromatic rings. The number of aryl methyl sites for hydroxylation is 1. The number of aromatic amines is 1. The second-order valence-electron chi connectivity index (χ2n) is 7.58. The minimum atomic E-state index is -3.18. The predicted octanol–water partition coefficient (Wildman–Crippen LogP) is 2.28. The molecule has 2 heterocycles. The normalized spacial score (nSPS) is 16.1. The molecule has 0 aliphatic carbocycles. The number of nitrogens with zero attached hydrogens (tertiary/aromatic N) is 3. The number of benzene rings is 1. The van der Waals surface area contributed by atoms with Crippen LogP contribution in [0.1, 0.15) is 25.0 Å². The molecule has 1 aliphatic rings. The summed E-state index contributed by atoms with van der Waals surface area (Å²) < 4.78 is 37.6. The van der Waals surface area contributed by atoms with Crippen LogP contribution in [0.2, 0.25) is 0 Å². The highest BCUT2D eigenvalue weighted by molar-refractivity contribution is 7.88. The van der Waals surface area contributed by atoms with Crippen LogP contribution in [-0.2, 0) is 21.2 Å². The monoisotopic (exact) mass is 422 g/mol. The summed E-state index contributed by atoms with van der Waals surface area (Å²) in [4.78, 5) is 14.4. The van der Waals surface area contributed by atoms with Gasteiger partial charge in [0.15, 0.2) is 0 Å². The lowest BCUT2D eigenvalue weighted by molar-refractivity contribution is -0.135. The topological polar surface area (TPSA) is 86.4 Å². The Morgan fingerprint density at radius 2 is 1.93 bits per heavy atom. The summed E-state index contributed by atoms with van der Waals surface area (Å²) in [6.07, 6.45) is 3.88. The van der Waals surface area contributed by atoms with Gasteiger partial charge in [-0.15, -0.1) is 0 Å². The van der Waals surface area contributed by atoms with Crippen molar-refractivity contribution in [1.29, 1.82) is 0 Å². The van der Waals surface area contributed by atoms with Crippen LogP contribution >= 0.6 is 0 Å². The maximum atomic E-state index is 13.0. The molecular formula is C20H27FN4O3S. The molecule has 1 N–H and O–H groups in total. The van der Waals surface area contributed by atoms with Crippen LogP contribution in [0.25, 0.3) is 11.3 Å². The smallest absolute Gasteiger partial charge is 0.225 e. The Bertz CT molecular complexity index is 935. The van der Waals surface area contributed by atoms with Gasteiger partial charge in [0.2, 0.25) is 15.9 Å². The molecule has 7 nitrogen and oxygen atoms in total. The number of hydrogen-bond acceptors (Lipinski definition) is 4. The third-order valence-electron chi connectivity index (χ3n) is 5.36. The van der Waals surface area contributed by atoms with Gasteiger partial charge < -0.3 is 4.90 Å². The Hall–Kier alpha value is -2.26. The molecular weight excluding hydrogens is 395 g/mol. The van der Waals surface area contributed by atoms with Crippen molar-refractivity contribution in [3.05, 3.63) is 41.8 Å². The van der Waals surface area contributed by atoms with Crippen LogP contribution < -0.4 is 0 Å². The summed E-state index contributed by atoms with van der Waals surface area (Å²) in [6.45, 7) is 1.43. The largest absolute Gasteiger partial charge is 0.346 e. The number of H-pyrrole nitrogens is 1. The minimum absolute atomic E-state index is 0.0785. The number of hydrogen-bond donors (Lipinski definition) is 1. The van der Waals surface area contributed by atoms with E-state index in [-0.39, 0.29) is 17.6 Å². The van der Waals surface area contributed by atoms with Crippen LogP contribution in [0.3, 0.4) is 0 Å². The summed E-state index contributed by atoms with van der Waals surface area (Å²) in [5, 5.41) is 7.26. The van der Waals surface area contributed by atoms with Crippen LogP contribution in [0.5, 0.6) is 0 Å². The second-order valence-corrected chi connectivity index (χ2v) is 9.57. The third kappa shape index (κ3) is 5.63. The highest BCUT2D eigenvalue weighted by Gasteiger charge is 2.30. The molecule has 1 aromatic carbocycles. The third-order valence-corrected chi connectivity index (χ3v) is 6.66. The number of piperidine rings is 1. The number of nitrogens with one attached hydrogen (secondary N) is 1. The molecule has 0 bridgehead atoms. The second kappa shape index (κ2) is 9.04. The lowest BCUT2D eigenvalue weighted by Gasteiger charge is -2.31. The first-order valence-corrected chi connectivity index (χ1v) is 11.6. The zero-order valence-corrected chi connectivity index (χ0v) is 17.6. The SMILES string of the molecule is CN(CCCc1cc(-c2ccc(F)cc2)n[nH]1)C(=O)C1CCN(S(C)(=O)=O)CC1. The van der Waals surface area contributed by atoms with Crippen molar-refractivity contribution in [2.45, 2.75) is 25.7 Å². The predicted molar refractivity (Wildman–Crippen MR) is 109 cm³/mol. The first kappa shape index (κ1) is 21.4. The van der Waals surface area contributed by atoms with Crippen molar-refractivity contribution in [1.82, 2.24) is 19.4 Å².